The van der Waals surface area contributed by atoms with Crippen LogP contribution in [0.1, 0.15) is 30.0 Å². The maximum absolute atomic E-state index is 13.4. The number of rotatable bonds is 9. The first kappa shape index (κ1) is 25.8. The van der Waals surface area contributed by atoms with E-state index in [0.717, 1.165) is 12.0 Å². The minimum absolute atomic E-state index is 0.104. The minimum Gasteiger partial charge on any atom is -0.497 e. The first-order valence-corrected chi connectivity index (χ1v) is 12.2. The summed E-state index contributed by atoms with van der Waals surface area (Å²) in [6, 6.07) is 21.8. The van der Waals surface area contributed by atoms with E-state index in [1.165, 1.54) is 0 Å². The van der Waals surface area contributed by atoms with Crippen molar-refractivity contribution in [1.29, 1.82) is 0 Å². The van der Waals surface area contributed by atoms with Crippen LogP contribution in [0.2, 0.25) is 0 Å². The van der Waals surface area contributed by atoms with Crippen molar-refractivity contribution < 1.29 is 23.9 Å². The summed E-state index contributed by atoms with van der Waals surface area (Å²) in [5.74, 6) is 0.443. The average Bonchev–Trinajstić information content (AvgIpc) is 3.43. The lowest BCUT2D eigenvalue weighted by atomic mass is 10.0. The molecule has 0 aromatic heterocycles. The molecular formula is C29H31N3O5. The van der Waals surface area contributed by atoms with Gasteiger partial charge in [0, 0.05) is 12.2 Å². The molecule has 192 valence electrons. The Balaban J connectivity index is 1.51. The van der Waals surface area contributed by atoms with Crippen LogP contribution >= 0.6 is 0 Å². The van der Waals surface area contributed by atoms with Crippen molar-refractivity contribution >= 4 is 23.4 Å². The Morgan fingerprint density at radius 2 is 1.51 bits per heavy atom. The monoisotopic (exact) mass is 501 g/mol. The molecule has 3 amide bonds. The first-order valence-electron chi connectivity index (χ1n) is 12.2. The van der Waals surface area contributed by atoms with E-state index in [1.54, 1.807) is 67.7 Å². The predicted octanol–water partition coefficient (Wildman–Crippen LogP) is 3.73. The zero-order chi connectivity index (χ0) is 26.2. The SMILES string of the molecule is COc1ccc(NC(=O)[C@@H](NC(=O)[C@@H]2CCCN2C(=O)Cc2ccccc2)c2ccc(OC)cc2)cc1. The number of hydrogen-bond acceptors (Lipinski definition) is 5. The lowest BCUT2D eigenvalue weighted by Crippen LogP contribution is -2.49. The molecule has 1 aliphatic rings. The molecule has 0 unspecified atom stereocenters. The predicted molar refractivity (Wildman–Crippen MR) is 140 cm³/mol. The number of nitrogens with zero attached hydrogens (tertiary/aromatic N) is 1. The minimum atomic E-state index is -0.966. The second kappa shape index (κ2) is 12.1. The molecule has 3 aromatic rings. The summed E-state index contributed by atoms with van der Waals surface area (Å²) >= 11 is 0. The fourth-order valence-electron chi connectivity index (χ4n) is 4.43. The van der Waals surface area contributed by atoms with Gasteiger partial charge in [0.1, 0.15) is 23.6 Å². The van der Waals surface area contributed by atoms with Crippen LogP contribution in [0.3, 0.4) is 0 Å². The van der Waals surface area contributed by atoms with Crippen LogP contribution in [-0.4, -0.2) is 49.4 Å². The molecule has 4 rings (SSSR count). The van der Waals surface area contributed by atoms with Crippen LogP contribution in [0.15, 0.2) is 78.9 Å². The van der Waals surface area contributed by atoms with Gasteiger partial charge in [-0.2, -0.15) is 0 Å². The van der Waals surface area contributed by atoms with E-state index in [1.807, 2.05) is 30.3 Å². The Morgan fingerprint density at radius 1 is 0.892 bits per heavy atom. The van der Waals surface area contributed by atoms with E-state index in [9.17, 15) is 14.4 Å². The number of carbonyl (C=O) groups is 3. The number of hydrogen-bond donors (Lipinski definition) is 2. The Bertz CT molecular complexity index is 1210. The summed E-state index contributed by atoms with van der Waals surface area (Å²) in [5, 5.41) is 5.76. The molecule has 0 bridgehead atoms. The third-order valence-corrected chi connectivity index (χ3v) is 6.43. The highest BCUT2D eigenvalue weighted by Crippen LogP contribution is 2.24. The van der Waals surface area contributed by atoms with Gasteiger partial charge in [0.25, 0.3) is 5.91 Å². The van der Waals surface area contributed by atoms with Crippen LogP contribution < -0.4 is 20.1 Å². The summed E-state index contributed by atoms with van der Waals surface area (Å²) in [6.07, 6.45) is 1.50. The molecule has 1 aliphatic heterocycles. The standard InChI is InChI=1S/C29H31N3O5/c1-36-23-14-10-21(11-15-23)27(29(35)30-22-12-16-24(37-2)17-13-22)31-28(34)25-9-6-18-32(25)26(33)19-20-7-4-3-5-8-20/h3-5,7-8,10-17,25,27H,6,9,18-19H2,1-2H3,(H,30,35)(H,31,34)/t25-,27-/m0/s1. The van der Waals surface area contributed by atoms with Gasteiger partial charge in [0.15, 0.2) is 0 Å². The van der Waals surface area contributed by atoms with Gasteiger partial charge in [-0.1, -0.05) is 42.5 Å². The zero-order valence-electron chi connectivity index (χ0n) is 21.0. The summed E-state index contributed by atoms with van der Waals surface area (Å²) < 4.78 is 10.4. The van der Waals surface area contributed by atoms with Gasteiger partial charge in [0.2, 0.25) is 11.8 Å². The van der Waals surface area contributed by atoms with E-state index in [-0.39, 0.29) is 18.2 Å². The van der Waals surface area contributed by atoms with E-state index >= 15 is 0 Å². The third kappa shape index (κ3) is 6.46. The second-order valence-electron chi connectivity index (χ2n) is 8.84. The largest absolute Gasteiger partial charge is 0.497 e. The number of carbonyl (C=O) groups excluding carboxylic acids is 3. The lowest BCUT2D eigenvalue weighted by molar-refractivity contribution is -0.138. The normalized spacial score (nSPS) is 15.5. The van der Waals surface area contributed by atoms with Crippen molar-refractivity contribution in [2.75, 3.05) is 26.1 Å². The smallest absolute Gasteiger partial charge is 0.251 e. The number of likely N-dealkylation sites (tertiary alicyclic amines) is 1. The van der Waals surface area contributed by atoms with Crippen LogP contribution in [-0.2, 0) is 20.8 Å². The fraction of sp³-hybridized carbons (Fsp3) is 0.276. The van der Waals surface area contributed by atoms with Crippen molar-refractivity contribution in [3.8, 4) is 11.5 Å². The molecule has 37 heavy (non-hydrogen) atoms. The van der Waals surface area contributed by atoms with Gasteiger partial charge in [-0.3, -0.25) is 14.4 Å². The maximum Gasteiger partial charge on any atom is 0.251 e. The molecule has 0 spiro atoms. The Morgan fingerprint density at radius 3 is 2.14 bits per heavy atom. The van der Waals surface area contributed by atoms with Crippen molar-refractivity contribution in [2.45, 2.75) is 31.3 Å². The molecule has 2 atom stereocenters. The van der Waals surface area contributed by atoms with Gasteiger partial charge in [-0.25, -0.2) is 0 Å². The van der Waals surface area contributed by atoms with Crippen molar-refractivity contribution in [3.63, 3.8) is 0 Å². The molecular weight excluding hydrogens is 470 g/mol. The van der Waals surface area contributed by atoms with E-state index < -0.39 is 18.0 Å². The number of methoxy groups -OCH3 is 2. The Labute approximate surface area is 216 Å². The van der Waals surface area contributed by atoms with Gasteiger partial charge < -0.3 is 25.0 Å². The molecule has 2 N–H and O–H groups in total. The summed E-state index contributed by atoms with van der Waals surface area (Å²) in [4.78, 5) is 41.4. The molecule has 0 radical (unpaired) electrons. The van der Waals surface area contributed by atoms with E-state index in [2.05, 4.69) is 10.6 Å². The molecule has 3 aromatic carbocycles. The maximum atomic E-state index is 13.4. The zero-order valence-corrected chi connectivity index (χ0v) is 21.0. The number of nitrogens with one attached hydrogen (secondary N) is 2. The van der Waals surface area contributed by atoms with Gasteiger partial charge in [0.05, 0.1) is 20.6 Å². The van der Waals surface area contributed by atoms with Crippen molar-refractivity contribution in [1.82, 2.24) is 10.2 Å². The number of benzene rings is 3. The van der Waals surface area contributed by atoms with E-state index in [4.69, 9.17) is 9.47 Å². The molecule has 1 fully saturated rings. The molecule has 8 nitrogen and oxygen atoms in total. The Hall–Kier alpha value is -4.33. The summed E-state index contributed by atoms with van der Waals surface area (Å²) in [6.45, 7) is 0.509. The highest BCUT2D eigenvalue weighted by atomic mass is 16.5. The quantitative estimate of drug-likeness (QED) is 0.466. The topological polar surface area (TPSA) is 97.0 Å². The number of amides is 3. The highest BCUT2D eigenvalue weighted by molar-refractivity contribution is 5.99. The molecule has 0 saturated carbocycles. The van der Waals surface area contributed by atoms with Crippen LogP contribution in [0.4, 0.5) is 5.69 Å². The highest BCUT2D eigenvalue weighted by Gasteiger charge is 2.36. The Kier molecular flexibility index (Phi) is 8.40. The average molecular weight is 502 g/mol. The summed E-state index contributed by atoms with van der Waals surface area (Å²) in [5.41, 5.74) is 2.06. The fourth-order valence-corrected chi connectivity index (χ4v) is 4.43. The number of ether oxygens (including phenoxy) is 2. The molecule has 0 aliphatic carbocycles. The van der Waals surface area contributed by atoms with Gasteiger partial charge >= 0.3 is 0 Å². The molecule has 8 heteroatoms. The lowest BCUT2D eigenvalue weighted by Gasteiger charge is -2.27. The molecule has 1 heterocycles. The van der Waals surface area contributed by atoms with Crippen LogP contribution in [0, 0.1) is 0 Å². The second-order valence-corrected chi connectivity index (χ2v) is 8.84. The molecule has 1 saturated heterocycles. The van der Waals surface area contributed by atoms with Crippen LogP contribution in [0.5, 0.6) is 11.5 Å². The van der Waals surface area contributed by atoms with Gasteiger partial charge in [-0.05, 0) is 60.4 Å². The number of anilines is 1. The first-order chi connectivity index (χ1) is 18.0. The van der Waals surface area contributed by atoms with Crippen LogP contribution in [0.25, 0.3) is 0 Å². The third-order valence-electron chi connectivity index (χ3n) is 6.43. The summed E-state index contributed by atoms with van der Waals surface area (Å²) in [7, 11) is 3.13. The van der Waals surface area contributed by atoms with Crippen molar-refractivity contribution in [2.24, 2.45) is 0 Å². The van der Waals surface area contributed by atoms with Crippen molar-refractivity contribution in [3.05, 3.63) is 90.0 Å². The van der Waals surface area contributed by atoms with Gasteiger partial charge in [-0.15, -0.1) is 0 Å². The van der Waals surface area contributed by atoms with E-state index in [0.29, 0.717) is 35.7 Å².